The average molecular weight is 177 g/mol. The van der Waals surface area contributed by atoms with Crippen LogP contribution in [0, 0.1) is 11.3 Å². The van der Waals surface area contributed by atoms with Crippen molar-refractivity contribution in [1.29, 1.82) is 5.26 Å². The van der Waals surface area contributed by atoms with Crippen LogP contribution in [0.15, 0.2) is 12.1 Å². The molecule has 1 atom stereocenters. The highest BCUT2D eigenvalue weighted by molar-refractivity contribution is 5.44. The summed E-state index contributed by atoms with van der Waals surface area (Å²) in [5.74, 6) is 0.645. The van der Waals surface area contributed by atoms with Crippen LogP contribution >= 0.6 is 0 Å². The highest BCUT2D eigenvalue weighted by Crippen LogP contribution is 2.17. The number of nitriles is 1. The number of nitrogens with zero attached hydrogens (tertiary/aromatic N) is 2. The molecule has 0 radical (unpaired) electrons. The molecule has 13 heavy (non-hydrogen) atoms. The number of nitrogens with two attached hydrogens (primary N) is 3. The molecule has 0 aromatic carbocycles. The predicted octanol–water partition coefficient (Wildman–Crippen LogP) is 0.159. The first-order chi connectivity index (χ1) is 6.13. The van der Waals surface area contributed by atoms with E-state index in [0.29, 0.717) is 11.6 Å². The predicted molar refractivity (Wildman–Crippen MR) is 50.2 cm³/mol. The number of rotatable bonds is 2. The molecule has 0 aliphatic rings. The van der Waals surface area contributed by atoms with Crippen LogP contribution in [0.4, 0.5) is 11.6 Å². The van der Waals surface area contributed by atoms with Crippen molar-refractivity contribution in [2.75, 3.05) is 11.5 Å². The number of hydrogen-bond donors (Lipinski definition) is 3. The van der Waals surface area contributed by atoms with Gasteiger partial charge in [-0.15, -0.1) is 0 Å². The zero-order chi connectivity index (χ0) is 9.84. The van der Waals surface area contributed by atoms with E-state index in [9.17, 15) is 0 Å². The van der Waals surface area contributed by atoms with Crippen molar-refractivity contribution < 1.29 is 0 Å². The molecule has 0 spiro atoms. The molecule has 5 heteroatoms. The SMILES string of the molecule is N#CC[C@@H](N)c1cc(N)nc(N)c1. The first-order valence-corrected chi connectivity index (χ1v) is 3.79. The molecule has 1 rings (SSSR count). The summed E-state index contributed by atoms with van der Waals surface area (Å²) in [6.45, 7) is 0. The van der Waals surface area contributed by atoms with E-state index in [-0.39, 0.29) is 12.5 Å². The van der Waals surface area contributed by atoms with Gasteiger partial charge in [-0.05, 0) is 17.7 Å². The molecule has 1 heterocycles. The van der Waals surface area contributed by atoms with Crippen molar-refractivity contribution in [3.8, 4) is 6.07 Å². The summed E-state index contributed by atoms with van der Waals surface area (Å²) in [6.07, 6.45) is 0.239. The van der Waals surface area contributed by atoms with Gasteiger partial charge in [0.05, 0.1) is 12.5 Å². The summed E-state index contributed by atoms with van der Waals surface area (Å²) >= 11 is 0. The van der Waals surface area contributed by atoms with Crippen LogP contribution in [-0.2, 0) is 0 Å². The van der Waals surface area contributed by atoms with Gasteiger partial charge in [0, 0.05) is 6.04 Å². The summed E-state index contributed by atoms with van der Waals surface area (Å²) in [6, 6.07) is 4.88. The number of hydrogen-bond acceptors (Lipinski definition) is 5. The molecule has 0 amide bonds. The Kier molecular flexibility index (Phi) is 2.67. The Morgan fingerprint density at radius 1 is 1.38 bits per heavy atom. The first-order valence-electron chi connectivity index (χ1n) is 3.79. The molecular weight excluding hydrogens is 166 g/mol. The Morgan fingerprint density at radius 2 is 1.92 bits per heavy atom. The van der Waals surface area contributed by atoms with Gasteiger partial charge in [-0.3, -0.25) is 0 Å². The Morgan fingerprint density at radius 3 is 2.38 bits per heavy atom. The largest absolute Gasteiger partial charge is 0.384 e. The molecular formula is C8H11N5. The molecule has 0 fully saturated rings. The van der Waals surface area contributed by atoms with E-state index in [1.807, 2.05) is 6.07 Å². The van der Waals surface area contributed by atoms with Gasteiger partial charge < -0.3 is 17.2 Å². The van der Waals surface area contributed by atoms with Crippen LogP contribution < -0.4 is 17.2 Å². The third kappa shape index (κ3) is 2.32. The molecule has 5 nitrogen and oxygen atoms in total. The molecule has 1 aromatic rings. The molecule has 68 valence electrons. The van der Waals surface area contributed by atoms with Gasteiger partial charge in [-0.25, -0.2) is 4.98 Å². The van der Waals surface area contributed by atoms with Crippen molar-refractivity contribution in [3.63, 3.8) is 0 Å². The van der Waals surface area contributed by atoms with Crippen LogP contribution in [0.5, 0.6) is 0 Å². The lowest BCUT2D eigenvalue weighted by Gasteiger charge is -2.08. The molecule has 6 N–H and O–H groups in total. The van der Waals surface area contributed by atoms with Crippen molar-refractivity contribution >= 4 is 11.6 Å². The lowest BCUT2D eigenvalue weighted by atomic mass is 10.1. The standard InChI is InChI=1S/C8H11N5/c9-2-1-6(10)5-3-7(11)13-8(12)4-5/h3-4,6H,1,10H2,(H4,11,12,13)/t6-/m1/s1. The van der Waals surface area contributed by atoms with Gasteiger partial charge in [0.25, 0.3) is 0 Å². The Labute approximate surface area is 76.2 Å². The van der Waals surface area contributed by atoms with Gasteiger partial charge >= 0.3 is 0 Å². The third-order valence-corrected chi connectivity index (χ3v) is 1.63. The fourth-order valence-corrected chi connectivity index (χ4v) is 1.03. The van der Waals surface area contributed by atoms with E-state index in [1.54, 1.807) is 12.1 Å². The summed E-state index contributed by atoms with van der Waals surface area (Å²) < 4.78 is 0. The molecule has 0 aliphatic heterocycles. The molecule has 1 aromatic heterocycles. The number of aromatic nitrogens is 1. The second-order valence-corrected chi connectivity index (χ2v) is 2.72. The van der Waals surface area contributed by atoms with Crippen LogP contribution in [0.2, 0.25) is 0 Å². The third-order valence-electron chi connectivity index (χ3n) is 1.63. The Balaban J connectivity index is 2.95. The maximum Gasteiger partial charge on any atom is 0.126 e. The van der Waals surface area contributed by atoms with Gasteiger partial charge in [-0.2, -0.15) is 5.26 Å². The van der Waals surface area contributed by atoms with Crippen LogP contribution in [0.3, 0.4) is 0 Å². The molecule has 0 bridgehead atoms. The zero-order valence-electron chi connectivity index (χ0n) is 7.07. The van der Waals surface area contributed by atoms with E-state index < -0.39 is 0 Å². The van der Waals surface area contributed by atoms with Crippen LogP contribution in [0.1, 0.15) is 18.0 Å². The topological polar surface area (TPSA) is 115 Å². The lowest BCUT2D eigenvalue weighted by molar-refractivity contribution is 0.748. The maximum absolute atomic E-state index is 8.43. The van der Waals surface area contributed by atoms with Crippen molar-refractivity contribution in [3.05, 3.63) is 17.7 Å². The highest BCUT2D eigenvalue weighted by atomic mass is 14.9. The minimum atomic E-state index is -0.349. The van der Waals surface area contributed by atoms with E-state index >= 15 is 0 Å². The van der Waals surface area contributed by atoms with E-state index in [2.05, 4.69) is 4.98 Å². The van der Waals surface area contributed by atoms with E-state index in [4.69, 9.17) is 22.5 Å². The number of anilines is 2. The minimum Gasteiger partial charge on any atom is -0.384 e. The lowest BCUT2D eigenvalue weighted by Crippen LogP contribution is -2.11. The summed E-state index contributed by atoms with van der Waals surface area (Å²) in [4.78, 5) is 3.79. The van der Waals surface area contributed by atoms with Gasteiger partial charge in [0.2, 0.25) is 0 Å². The molecule has 0 saturated carbocycles. The first kappa shape index (κ1) is 9.29. The zero-order valence-corrected chi connectivity index (χ0v) is 7.07. The monoisotopic (exact) mass is 177 g/mol. The molecule has 0 unspecified atom stereocenters. The van der Waals surface area contributed by atoms with Crippen molar-refractivity contribution in [2.45, 2.75) is 12.5 Å². The van der Waals surface area contributed by atoms with E-state index in [1.165, 1.54) is 0 Å². The average Bonchev–Trinajstić information content (AvgIpc) is 2.03. The van der Waals surface area contributed by atoms with Crippen LogP contribution in [0.25, 0.3) is 0 Å². The van der Waals surface area contributed by atoms with E-state index in [0.717, 1.165) is 5.56 Å². The van der Waals surface area contributed by atoms with Gasteiger partial charge in [-0.1, -0.05) is 0 Å². The number of nitrogen functional groups attached to an aromatic ring is 2. The molecule has 0 aliphatic carbocycles. The second kappa shape index (κ2) is 3.74. The summed E-state index contributed by atoms with van der Waals surface area (Å²) in [5, 5.41) is 8.43. The minimum absolute atomic E-state index is 0.239. The number of pyridine rings is 1. The molecule has 0 saturated heterocycles. The van der Waals surface area contributed by atoms with Crippen LogP contribution in [-0.4, -0.2) is 4.98 Å². The highest BCUT2D eigenvalue weighted by Gasteiger charge is 2.06. The second-order valence-electron chi connectivity index (χ2n) is 2.72. The maximum atomic E-state index is 8.43. The van der Waals surface area contributed by atoms with Crippen molar-refractivity contribution in [1.82, 2.24) is 4.98 Å². The normalized spacial score (nSPS) is 12.0. The summed E-state index contributed by atoms with van der Waals surface area (Å²) in [7, 11) is 0. The fraction of sp³-hybridized carbons (Fsp3) is 0.250. The summed E-state index contributed by atoms with van der Waals surface area (Å²) in [5.41, 5.74) is 17.4. The smallest absolute Gasteiger partial charge is 0.126 e. The van der Waals surface area contributed by atoms with Gasteiger partial charge in [0.15, 0.2) is 0 Å². The Bertz CT molecular complexity index is 321. The fourth-order valence-electron chi connectivity index (χ4n) is 1.03. The quantitative estimate of drug-likeness (QED) is 0.595. The van der Waals surface area contributed by atoms with Gasteiger partial charge in [0.1, 0.15) is 11.6 Å². The van der Waals surface area contributed by atoms with Crippen molar-refractivity contribution in [2.24, 2.45) is 5.73 Å². The Hall–Kier alpha value is -1.80.